The van der Waals surface area contributed by atoms with Gasteiger partial charge in [0.2, 0.25) is 0 Å². The second-order valence-electron chi connectivity index (χ2n) is 4.06. The zero-order chi connectivity index (χ0) is 11.5. The van der Waals surface area contributed by atoms with E-state index in [4.69, 9.17) is 0 Å². The van der Waals surface area contributed by atoms with Gasteiger partial charge in [0.15, 0.2) is 0 Å². The summed E-state index contributed by atoms with van der Waals surface area (Å²) >= 11 is 0. The summed E-state index contributed by atoms with van der Waals surface area (Å²) in [6.45, 7) is 4.74. The van der Waals surface area contributed by atoms with E-state index in [1.54, 1.807) is 30.9 Å². The van der Waals surface area contributed by atoms with Crippen molar-refractivity contribution in [2.75, 3.05) is 0 Å². The van der Waals surface area contributed by atoms with Crippen LogP contribution in [0.1, 0.15) is 13.8 Å². The minimum atomic E-state index is -0.111. The van der Waals surface area contributed by atoms with Gasteiger partial charge in [-0.25, -0.2) is 14.0 Å². The number of nitrogens with zero attached hydrogens (tertiary/aromatic N) is 4. The summed E-state index contributed by atoms with van der Waals surface area (Å²) in [7, 11) is 0. The fraction of sp³-hybridized carbons (Fsp3) is 0.364. The Labute approximate surface area is 93.4 Å². The molecule has 0 aliphatic carbocycles. The van der Waals surface area contributed by atoms with E-state index in [1.165, 1.54) is 9.25 Å². The second-order valence-corrected chi connectivity index (χ2v) is 4.06. The third-order valence-corrected chi connectivity index (χ3v) is 2.21. The van der Waals surface area contributed by atoms with E-state index in [2.05, 4.69) is 23.9 Å². The van der Waals surface area contributed by atoms with Gasteiger partial charge in [0.1, 0.15) is 6.33 Å². The lowest BCUT2D eigenvalue weighted by molar-refractivity contribution is 0.469. The Morgan fingerprint density at radius 1 is 1.31 bits per heavy atom. The van der Waals surface area contributed by atoms with Gasteiger partial charge in [-0.05, 0) is 18.1 Å². The van der Waals surface area contributed by atoms with Crippen LogP contribution in [-0.2, 0) is 6.54 Å². The van der Waals surface area contributed by atoms with Gasteiger partial charge in [0, 0.05) is 18.9 Å². The van der Waals surface area contributed by atoms with Crippen molar-refractivity contribution in [3.05, 3.63) is 41.3 Å². The van der Waals surface area contributed by atoms with Crippen LogP contribution in [0.25, 0.3) is 5.69 Å². The molecule has 0 aliphatic rings. The minimum Gasteiger partial charge on any atom is -0.265 e. The molecule has 0 amide bonds. The van der Waals surface area contributed by atoms with Crippen molar-refractivity contribution in [2.24, 2.45) is 5.92 Å². The summed E-state index contributed by atoms with van der Waals surface area (Å²) in [5, 5.41) is 4.08. The predicted octanol–water partition coefficient (Wildman–Crippen LogP) is 1.08. The molecule has 2 rings (SSSR count). The van der Waals surface area contributed by atoms with E-state index in [9.17, 15) is 4.79 Å². The van der Waals surface area contributed by atoms with Crippen molar-refractivity contribution >= 4 is 0 Å². The molecular weight excluding hydrogens is 204 g/mol. The molecule has 2 heterocycles. The molecule has 16 heavy (non-hydrogen) atoms. The highest BCUT2D eigenvalue weighted by molar-refractivity contribution is 5.27. The molecule has 0 unspecified atom stereocenters. The number of hydrogen-bond acceptors (Lipinski definition) is 3. The maximum atomic E-state index is 11.9. The van der Waals surface area contributed by atoms with Crippen molar-refractivity contribution in [3.63, 3.8) is 0 Å². The Balaban J connectivity index is 2.38. The molecule has 0 aromatic carbocycles. The molecule has 0 saturated carbocycles. The van der Waals surface area contributed by atoms with Gasteiger partial charge in [-0.1, -0.05) is 13.8 Å². The van der Waals surface area contributed by atoms with E-state index in [-0.39, 0.29) is 5.69 Å². The Bertz CT molecular complexity index is 512. The van der Waals surface area contributed by atoms with Crippen molar-refractivity contribution in [3.8, 4) is 5.69 Å². The average molecular weight is 218 g/mol. The fourth-order valence-electron chi connectivity index (χ4n) is 1.49. The van der Waals surface area contributed by atoms with Crippen LogP contribution in [0.4, 0.5) is 0 Å². The van der Waals surface area contributed by atoms with Crippen molar-refractivity contribution in [1.82, 2.24) is 19.3 Å². The molecule has 0 bridgehead atoms. The van der Waals surface area contributed by atoms with Crippen LogP contribution >= 0.6 is 0 Å². The van der Waals surface area contributed by atoms with Gasteiger partial charge in [-0.15, -0.1) is 0 Å². The van der Waals surface area contributed by atoms with Crippen LogP contribution in [0.15, 0.2) is 35.6 Å². The summed E-state index contributed by atoms with van der Waals surface area (Å²) in [6, 6.07) is 3.56. The number of rotatable bonds is 3. The minimum absolute atomic E-state index is 0.111. The smallest absolute Gasteiger partial charge is 0.265 e. The first kappa shape index (κ1) is 10.6. The number of hydrogen-bond donors (Lipinski definition) is 0. The number of pyridine rings is 1. The third-order valence-electron chi connectivity index (χ3n) is 2.21. The first-order valence-electron chi connectivity index (χ1n) is 5.23. The SMILES string of the molecule is CC(C)Cn1ncn(-c2ccncc2)c1=O. The fourth-order valence-corrected chi connectivity index (χ4v) is 1.49. The molecule has 0 fully saturated rings. The highest BCUT2D eigenvalue weighted by Gasteiger charge is 2.07. The highest BCUT2D eigenvalue weighted by atomic mass is 16.2. The standard InChI is InChI=1S/C11H14N4O/c1-9(2)7-15-11(16)14(8-13-15)10-3-5-12-6-4-10/h3-6,8-9H,7H2,1-2H3. The van der Waals surface area contributed by atoms with Gasteiger partial charge in [-0.2, -0.15) is 5.10 Å². The van der Waals surface area contributed by atoms with Crippen molar-refractivity contribution in [1.29, 1.82) is 0 Å². The van der Waals surface area contributed by atoms with Gasteiger partial charge in [0.25, 0.3) is 0 Å². The Kier molecular flexibility index (Phi) is 2.85. The lowest BCUT2D eigenvalue weighted by Crippen LogP contribution is -2.25. The van der Waals surface area contributed by atoms with E-state index in [0.717, 1.165) is 5.69 Å². The maximum absolute atomic E-state index is 11.9. The zero-order valence-corrected chi connectivity index (χ0v) is 9.37. The molecule has 0 radical (unpaired) electrons. The Hall–Kier alpha value is -1.91. The normalized spacial score (nSPS) is 10.9. The molecule has 5 nitrogen and oxygen atoms in total. The van der Waals surface area contributed by atoms with Crippen molar-refractivity contribution in [2.45, 2.75) is 20.4 Å². The van der Waals surface area contributed by atoms with Gasteiger partial charge < -0.3 is 0 Å². The topological polar surface area (TPSA) is 52.7 Å². The lowest BCUT2D eigenvalue weighted by Gasteiger charge is -2.02. The van der Waals surface area contributed by atoms with E-state index in [1.807, 2.05) is 0 Å². The predicted molar refractivity (Wildman–Crippen MR) is 60.5 cm³/mol. The van der Waals surface area contributed by atoms with Crippen LogP contribution in [0.3, 0.4) is 0 Å². The molecule has 0 N–H and O–H groups in total. The maximum Gasteiger partial charge on any atom is 0.350 e. The molecule has 2 aromatic heterocycles. The van der Waals surface area contributed by atoms with E-state index < -0.39 is 0 Å². The zero-order valence-electron chi connectivity index (χ0n) is 9.37. The third kappa shape index (κ3) is 2.03. The van der Waals surface area contributed by atoms with E-state index >= 15 is 0 Å². The Morgan fingerprint density at radius 3 is 2.62 bits per heavy atom. The second kappa shape index (κ2) is 4.30. The molecule has 0 saturated heterocycles. The molecule has 84 valence electrons. The molecule has 0 aliphatic heterocycles. The summed E-state index contributed by atoms with van der Waals surface area (Å²) in [5.74, 6) is 0.401. The van der Waals surface area contributed by atoms with Gasteiger partial charge in [-0.3, -0.25) is 4.98 Å². The van der Waals surface area contributed by atoms with Crippen LogP contribution in [0.2, 0.25) is 0 Å². The molecule has 5 heteroatoms. The molecule has 0 spiro atoms. The lowest BCUT2D eigenvalue weighted by atomic mass is 10.2. The first-order valence-corrected chi connectivity index (χ1v) is 5.23. The van der Waals surface area contributed by atoms with Gasteiger partial charge >= 0.3 is 5.69 Å². The highest BCUT2D eigenvalue weighted by Crippen LogP contribution is 2.01. The summed E-state index contributed by atoms with van der Waals surface area (Å²) in [4.78, 5) is 15.9. The average Bonchev–Trinajstić information content (AvgIpc) is 2.61. The van der Waals surface area contributed by atoms with Crippen molar-refractivity contribution < 1.29 is 0 Å². The van der Waals surface area contributed by atoms with Gasteiger partial charge in [0.05, 0.1) is 5.69 Å². The molecular formula is C11H14N4O. The monoisotopic (exact) mass is 218 g/mol. The van der Waals surface area contributed by atoms with Crippen LogP contribution in [0.5, 0.6) is 0 Å². The van der Waals surface area contributed by atoms with Crippen LogP contribution in [0, 0.1) is 5.92 Å². The quantitative estimate of drug-likeness (QED) is 0.774. The first-order chi connectivity index (χ1) is 7.68. The number of aromatic nitrogens is 4. The molecule has 0 atom stereocenters. The summed E-state index contributed by atoms with van der Waals surface area (Å²) < 4.78 is 3.00. The van der Waals surface area contributed by atoms with Crippen LogP contribution in [-0.4, -0.2) is 19.3 Å². The molecule has 2 aromatic rings. The Morgan fingerprint density at radius 2 is 2.00 bits per heavy atom. The summed E-state index contributed by atoms with van der Waals surface area (Å²) in [5.41, 5.74) is 0.676. The summed E-state index contributed by atoms with van der Waals surface area (Å²) in [6.07, 6.45) is 4.85. The largest absolute Gasteiger partial charge is 0.350 e. The van der Waals surface area contributed by atoms with Crippen LogP contribution < -0.4 is 5.69 Å². The van der Waals surface area contributed by atoms with E-state index in [0.29, 0.717) is 12.5 Å².